The molecule has 0 N–H and O–H groups in total. The summed E-state index contributed by atoms with van der Waals surface area (Å²) in [6.07, 6.45) is 0. The van der Waals surface area contributed by atoms with Crippen molar-refractivity contribution in [3.8, 4) is 33.6 Å². The monoisotopic (exact) mass is 663 g/mol. The molecule has 2 nitrogen and oxygen atoms in total. The molecule has 52 heavy (non-hydrogen) atoms. The van der Waals surface area contributed by atoms with E-state index in [1.807, 2.05) is 18.2 Å². The zero-order valence-electron chi connectivity index (χ0n) is 28.4. The average Bonchev–Trinajstić information content (AvgIpc) is 3.66. The summed E-state index contributed by atoms with van der Waals surface area (Å²) in [5, 5.41) is 8.46. The molecule has 0 aliphatic heterocycles. The molecule has 0 fully saturated rings. The Hall–Kier alpha value is -6.90. The molecule has 0 bridgehead atoms. The van der Waals surface area contributed by atoms with E-state index in [2.05, 4.69) is 187 Å². The van der Waals surface area contributed by atoms with Gasteiger partial charge < -0.3 is 9.32 Å². The van der Waals surface area contributed by atoms with E-state index in [9.17, 15) is 0 Å². The van der Waals surface area contributed by atoms with Crippen LogP contribution < -0.4 is 4.90 Å². The van der Waals surface area contributed by atoms with Crippen molar-refractivity contribution in [2.24, 2.45) is 0 Å². The second-order valence-corrected chi connectivity index (χ2v) is 13.4. The van der Waals surface area contributed by atoms with E-state index in [-0.39, 0.29) is 0 Å². The minimum Gasteiger partial charge on any atom is -0.456 e. The van der Waals surface area contributed by atoms with Gasteiger partial charge in [0, 0.05) is 27.7 Å². The van der Waals surface area contributed by atoms with Crippen LogP contribution in [0.15, 0.2) is 205 Å². The molecule has 0 saturated carbocycles. The zero-order valence-corrected chi connectivity index (χ0v) is 28.4. The molecule has 10 rings (SSSR count). The van der Waals surface area contributed by atoms with Crippen LogP contribution in [0.25, 0.3) is 76.9 Å². The summed E-state index contributed by atoms with van der Waals surface area (Å²) in [4.78, 5) is 2.41. The Morgan fingerprint density at radius 1 is 0.327 bits per heavy atom. The van der Waals surface area contributed by atoms with E-state index >= 15 is 0 Å². The predicted octanol–water partition coefficient (Wildman–Crippen LogP) is 14.4. The van der Waals surface area contributed by atoms with Crippen molar-refractivity contribution in [2.45, 2.75) is 0 Å². The largest absolute Gasteiger partial charge is 0.456 e. The summed E-state index contributed by atoms with van der Waals surface area (Å²) in [7, 11) is 0. The number of hydrogen-bond donors (Lipinski definition) is 0. The Labute approximate surface area is 302 Å². The first-order valence-corrected chi connectivity index (χ1v) is 17.8. The zero-order chi connectivity index (χ0) is 34.4. The maximum absolute atomic E-state index is 6.27. The van der Waals surface area contributed by atoms with Gasteiger partial charge in [0.1, 0.15) is 11.3 Å². The van der Waals surface area contributed by atoms with Crippen molar-refractivity contribution >= 4 is 60.3 Å². The van der Waals surface area contributed by atoms with E-state index < -0.39 is 0 Å². The molecular formula is C50H33NO. The Morgan fingerprint density at radius 2 is 0.981 bits per heavy atom. The lowest BCUT2D eigenvalue weighted by molar-refractivity contribution is 0.631. The number of rotatable bonds is 6. The molecule has 9 aromatic carbocycles. The van der Waals surface area contributed by atoms with Crippen LogP contribution in [0.4, 0.5) is 17.1 Å². The molecule has 0 unspecified atom stereocenters. The lowest BCUT2D eigenvalue weighted by Gasteiger charge is -2.28. The number of fused-ring (bicyclic) bond motifs is 5. The van der Waals surface area contributed by atoms with Gasteiger partial charge in [0.25, 0.3) is 0 Å². The quantitative estimate of drug-likeness (QED) is 0.165. The fourth-order valence-corrected chi connectivity index (χ4v) is 7.72. The highest BCUT2D eigenvalue weighted by Gasteiger charge is 2.19. The van der Waals surface area contributed by atoms with Gasteiger partial charge in [0.05, 0.1) is 5.69 Å². The molecule has 0 atom stereocenters. The molecule has 0 radical (unpaired) electrons. The number of nitrogens with zero attached hydrogens (tertiary/aromatic N) is 1. The first-order chi connectivity index (χ1) is 25.8. The Balaban J connectivity index is 1.15. The van der Waals surface area contributed by atoms with E-state index in [0.717, 1.165) is 44.9 Å². The number of hydrogen-bond acceptors (Lipinski definition) is 2. The van der Waals surface area contributed by atoms with Gasteiger partial charge in [-0.15, -0.1) is 0 Å². The van der Waals surface area contributed by atoms with Crippen molar-refractivity contribution in [1.29, 1.82) is 0 Å². The lowest BCUT2D eigenvalue weighted by Crippen LogP contribution is -2.11. The van der Waals surface area contributed by atoms with E-state index in [0.29, 0.717) is 0 Å². The van der Waals surface area contributed by atoms with Gasteiger partial charge >= 0.3 is 0 Å². The Bertz CT molecular complexity index is 2890. The predicted molar refractivity (Wildman–Crippen MR) is 220 cm³/mol. The van der Waals surface area contributed by atoms with Crippen LogP contribution in [0, 0.1) is 0 Å². The lowest BCUT2D eigenvalue weighted by atomic mass is 9.94. The van der Waals surface area contributed by atoms with Crippen LogP contribution in [-0.2, 0) is 0 Å². The molecule has 2 heteroatoms. The first kappa shape index (κ1) is 30.0. The maximum Gasteiger partial charge on any atom is 0.135 e. The van der Waals surface area contributed by atoms with Crippen LogP contribution in [0.1, 0.15) is 0 Å². The second kappa shape index (κ2) is 12.5. The molecule has 0 spiro atoms. The SMILES string of the molecule is c1ccc(-c2cccc(N(c3ccc4c(ccc5ccccc54)c3)c3ccc(-c4cccc(-c5cc6ccccc6o5)c4)c4ccccc34)c2)cc1. The van der Waals surface area contributed by atoms with Gasteiger partial charge in [-0.1, -0.05) is 152 Å². The molecular weight excluding hydrogens is 631 g/mol. The van der Waals surface area contributed by atoms with Crippen LogP contribution in [0.2, 0.25) is 0 Å². The summed E-state index contributed by atoms with van der Waals surface area (Å²) in [6.45, 7) is 0. The van der Waals surface area contributed by atoms with Crippen molar-refractivity contribution in [3.05, 3.63) is 200 Å². The van der Waals surface area contributed by atoms with Gasteiger partial charge in [-0.3, -0.25) is 0 Å². The standard InChI is InChI=1S/C50H33NO/c1-2-12-34(13-3-1)36-16-11-19-41(31-36)51(42-26-27-44-38(32-42)25-24-35-14-4-6-20-43(35)44)48-29-28-45(46-21-7-8-22-47(46)48)37-17-10-18-39(30-37)50-33-40-15-5-9-23-49(40)52-50/h1-33H. The maximum atomic E-state index is 6.27. The fraction of sp³-hybridized carbons (Fsp3) is 0. The number of benzene rings is 9. The van der Waals surface area contributed by atoms with E-state index in [1.165, 1.54) is 49.0 Å². The van der Waals surface area contributed by atoms with E-state index in [4.69, 9.17) is 4.42 Å². The third kappa shape index (κ3) is 5.21. The number of para-hydroxylation sites is 1. The summed E-state index contributed by atoms with van der Waals surface area (Å²) >= 11 is 0. The van der Waals surface area contributed by atoms with Crippen LogP contribution in [0.5, 0.6) is 0 Å². The van der Waals surface area contributed by atoms with Gasteiger partial charge in [0.15, 0.2) is 0 Å². The second-order valence-electron chi connectivity index (χ2n) is 13.4. The topological polar surface area (TPSA) is 16.4 Å². The molecule has 0 amide bonds. The number of anilines is 3. The van der Waals surface area contributed by atoms with Crippen LogP contribution in [0.3, 0.4) is 0 Å². The Kier molecular flexibility index (Phi) is 7.18. The third-order valence-corrected chi connectivity index (χ3v) is 10.2. The van der Waals surface area contributed by atoms with Gasteiger partial charge in [-0.25, -0.2) is 0 Å². The average molecular weight is 664 g/mol. The van der Waals surface area contributed by atoms with E-state index in [1.54, 1.807) is 0 Å². The van der Waals surface area contributed by atoms with Crippen molar-refractivity contribution in [2.75, 3.05) is 4.90 Å². The minimum atomic E-state index is 0.873. The minimum absolute atomic E-state index is 0.873. The normalized spacial score (nSPS) is 11.5. The Morgan fingerprint density at radius 3 is 1.87 bits per heavy atom. The fourth-order valence-electron chi connectivity index (χ4n) is 7.72. The molecule has 10 aromatic rings. The molecule has 0 aliphatic rings. The highest BCUT2D eigenvalue weighted by molar-refractivity contribution is 6.10. The highest BCUT2D eigenvalue weighted by atomic mass is 16.3. The van der Waals surface area contributed by atoms with Crippen LogP contribution >= 0.6 is 0 Å². The number of furan rings is 1. The summed E-state index contributed by atoms with van der Waals surface area (Å²) in [5.41, 5.74) is 10.00. The summed E-state index contributed by atoms with van der Waals surface area (Å²) in [5.74, 6) is 0.873. The smallest absolute Gasteiger partial charge is 0.135 e. The molecule has 0 aliphatic carbocycles. The molecule has 1 aromatic heterocycles. The van der Waals surface area contributed by atoms with Gasteiger partial charge in [0.2, 0.25) is 0 Å². The summed E-state index contributed by atoms with van der Waals surface area (Å²) < 4.78 is 6.27. The summed E-state index contributed by atoms with van der Waals surface area (Å²) in [6, 6.07) is 71.8. The van der Waals surface area contributed by atoms with Crippen molar-refractivity contribution in [1.82, 2.24) is 0 Å². The van der Waals surface area contributed by atoms with Crippen LogP contribution in [-0.4, -0.2) is 0 Å². The third-order valence-electron chi connectivity index (χ3n) is 10.2. The molecule has 244 valence electrons. The van der Waals surface area contributed by atoms with Gasteiger partial charge in [-0.2, -0.15) is 0 Å². The van der Waals surface area contributed by atoms with Gasteiger partial charge in [-0.05, 0) is 97.7 Å². The first-order valence-electron chi connectivity index (χ1n) is 17.8. The van der Waals surface area contributed by atoms with Crippen molar-refractivity contribution in [3.63, 3.8) is 0 Å². The highest BCUT2D eigenvalue weighted by Crippen LogP contribution is 2.44. The molecule has 1 heterocycles. The van der Waals surface area contributed by atoms with Crippen molar-refractivity contribution < 1.29 is 4.42 Å². The molecule has 0 saturated heterocycles.